The van der Waals surface area contributed by atoms with Gasteiger partial charge in [-0.3, -0.25) is 9.59 Å². The Morgan fingerprint density at radius 1 is 0.395 bits per heavy atom. The first-order chi connectivity index (χ1) is 20.3. The Hall–Kier alpha value is -4.08. The third-order valence-corrected chi connectivity index (χ3v) is 10.5. The van der Waals surface area contributed by atoms with E-state index in [2.05, 4.69) is 102 Å². The Balaban J connectivity index is 1.85. The Morgan fingerprint density at radius 3 is 0.953 bits per heavy atom. The number of carbonyl (C=O) groups is 2. The molecular formula is C40H40O2S. The van der Waals surface area contributed by atoms with Crippen molar-refractivity contribution in [1.29, 1.82) is 0 Å². The smallest absolute Gasteiger partial charge is 0.184 e. The Bertz CT molecular complexity index is 1690. The summed E-state index contributed by atoms with van der Waals surface area (Å²) in [5.41, 5.74) is 16.6. The van der Waals surface area contributed by atoms with Crippen LogP contribution in [-0.2, 0) is 9.59 Å². The topological polar surface area (TPSA) is 34.1 Å². The summed E-state index contributed by atoms with van der Waals surface area (Å²) < 4.78 is 0. The molecule has 0 bridgehead atoms. The molecule has 0 spiro atoms. The summed E-state index contributed by atoms with van der Waals surface area (Å²) in [6.45, 7) is 20.3. The molecule has 0 radical (unpaired) electrons. The van der Waals surface area contributed by atoms with Crippen molar-refractivity contribution in [3.63, 3.8) is 0 Å². The van der Waals surface area contributed by atoms with Crippen LogP contribution in [0, 0.1) is 13.8 Å². The lowest BCUT2D eigenvalue weighted by Crippen LogP contribution is -2.15. The van der Waals surface area contributed by atoms with E-state index < -0.39 is 0 Å². The Kier molecular flexibility index (Phi) is 8.15. The summed E-state index contributed by atoms with van der Waals surface area (Å²) in [4.78, 5) is 28.4. The molecule has 0 saturated carbocycles. The van der Waals surface area contributed by atoms with E-state index in [1.165, 1.54) is 11.1 Å². The number of thiophene rings is 1. The number of hydrogen-bond acceptors (Lipinski definition) is 3. The molecular weight excluding hydrogens is 545 g/mol. The molecule has 0 atom stereocenters. The molecule has 0 N–H and O–H groups in total. The molecule has 1 heterocycles. The number of ketones is 2. The van der Waals surface area contributed by atoms with E-state index in [1.54, 1.807) is 11.3 Å². The normalized spacial score (nSPS) is 16.2. The molecule has 5 rings (SSSR count). The molecule has 2 nitrogen and oxygen atoms in total. The summed E-state index contributed by atoms with van der Waals surface area (Å²) in [6, 6.07) is 21.8. The monoisotopic (exact) mass is 584 g/mol. The third-order valence-electron chi connectivity index (χ3n) is 9.39. The molecule has 0 saturated heterocycles. The lowest BCUT2D eigenvalue weighted by atomic mass is 9.79. The molecule has 43 heavy (non-hydrogen) atoms. The number of hydrogen-bond donors (Lipinski definition) is 0. The van der Waals surface area contributed by atoms with Crippen molar-refractivity contribution < 1.29 is 9.59 Å². The van der Waals surface area contributed by atoms with Gasteiger partial charge in [0.2, 0.25) is 0 Å². The minimum atomic E-state index is 0.127. The minimum Gasteiger partial charge on any atom is -0.289 e. The van der Waals surface area contributed by atoms with Gasteiger partial charge >= 0.3 is 0 Å². The fraction of sp³-hybridized carbons (Fsp3) is 0.250. The molecule has 218 valence electrons. The molecule has 0 fully saturated rings. The van der Waals surface area contributed by atoms with Crippen molar-refractivity contribution in [1.82, 2.24) is 0 Å². The number of rotatable bonds is 4. The van der Waals surface area contributed by atoms with Crippen molar-refractivity contribution in [3.8, 4) is 0 Å². The maximum absolute atomic E-state index is 13.0. The molecule has 2 aromatic carbocycles. The SMILES string of the molecule is CC1=C(C)C(=C(c2ccc(C)cc2)c2ccc(C(=C3C(C)=C(C)C(=O)C(C)=C3C)c3ccc(C)cc3)s2)C(C)=C(C)C1=O. The van der Waals surface area contributed by atoms with Gasteiger partial charge in [0.05, 0.1) is 0 Å². The fourth-order valence-corrected chi connectivity index (χ4v) is 7.33. The first-order valence-electron chi connectivity index (χ1n) is 14.9. The predicted molar refractivity (Wildman–Crippen MR) is 182 cm³/mol. The quantitative estimate of drug-likeness (QED) is 0.306. The average Bonchev–Trinajstić information content (AvgIpc) is 3.47. The molecule has 3 heteroatoms. The average molecular weight is 585 g/mol. The van der Waals surface area contributed by atoms with E-state index in [0.29, 0.717) is 0 Å². The van der Waals surface area contributed by atoms with Gasteiger partial charge in [0, 0.05) is 43.2 Å². The van der Waals surface area contributed by atoms with Crippen molar-refractivity contribution in [2.24, 2.45) is 0 Å². The van der Waals surface area contributed by atoms with Crippen LogP contribution < -0.4 is 0 Å². The van der Waals surface area contributed by atoms with Gasteiger partial charge in [-0.05, 0) is 126 Å². The number of Topliss-reactive ketones (excluding diaryl/α,β-unsaturated/α-hetero) is 2. The summed E-state index contributed by atoms with van der Waals surface area (Å²) in [6.07, 6.45) is 0. The summed E-state index contributed by atoms with van der Waals surface area (Å²) in [7, 11) is 0. The first kappa shape index (κ1) is 30.4. The maximum Gasteiger partial charge on any atom is 0.184 e. The Morgan fingerprint density at radius 2 is 0.674 bits per heavy atom. The van der Waals surface area contributed by atoms with Gasteiger partial charge in [-0.1, -0.05) is 59.7 Å². The van der Waals surface area contributed by atoms with Crippen LogP contribution in [0.4, 0.5) is 0 Å². The van der Waals surface area contributed by atoms with Gasteiger partial charge in [0.15, 0.2) is 11.6 Å². The highest BCUT2D eigenvalue weighted by Crippen LogP contribution is 2.46. The molecule has 3 aromatic rings. The number of carbonyl (C=O) groups excluding carboxylic acids is 2. The molecule has 1 aromatic heterocycles. The molecule has 2 aliphatic carbocycles. The highest BCUT2D eigenvalue weighted by atomic mass is 32.1. The van der Waals surface area contributed by atoms with Crippen LogP contribution >= 0.6 is 11.3 Å². The van der Waals surface area contributed by atoms with E-state index in [1.807, 2.05) is 27.7 Å². The van der Waals surface area contributed by atoms with Crippen molar-refractivity contribution in [2.45, 2.75) is 69.2 Å². The standard InChI is InChI=1S/C40H40O2S/c1-21-11-15-31(16-12-21)37(35-23(3)27(7)39(41)28(8)24(35)4)33-19-20-34(43-33)38(32-17-13-22(2)14-18-32)36-25(5)29(9)40(42)30(10)26(36)6/h11-20H,1-10H3. The zero-order valence-electron chi connectivity index (χ0n) is 27.0. The molecule has 0 unspecified atom stereocenters. The van der Waals surface area contributed by atoms with Crippen LogP contribution in [0.1, 0.15) is 87.4 Å². The maximum atomic E-state index is 13.0. The van der Waals surface area contributed by atoms with E-state index >= 15 is 0 Å². The van der Waals surface area contributed by atoms with Crippen molar-refractivity contribution in [2.75, 3.05) is 0 Å². The van der Waals surface area contributed by atoms with Gasteiger partial charge in [-0.25, -0.2) is 0 Å². The molecule has 2 aliphatic rings. The molecule has 0 amide bonds. The van der Waals surface area contributed by atoms with Crippen molar-refractivity contribution in [3.05, 3.63) is 148 Å². The highest BCUT2D eigenvalue weighted by Gasteiger charge is 2.29. The van der Waals surface area contributed by atoms with Crippen LogP contribution in [0.3, 0.4) is 0 Å². The second kappa shape index (κ2) is 11.5. The van der Waals surface area contributed by atoms with Crippen LogP contribution in [0.15, 0.2) is 116 Å². The largest absolute Gasteiger partial charge is 0.289 e. The first-order valence-corrected chi connectivity index (χ1v) is 15.7. The Labute approximate surface area is 260 Å². The van der Waals surface area contributed by atoms with Crippen molar-refractivity contribution >= 4 is 34.0 Å². The summed E-state index contributed by atoms with van der Waals surface area (Å²) >= 11 is 1.77. The highest BCUT2D eigenvalue weighted by molar-refractivity contribution is 7.14. The van der Waals surface area contributed by atoms with Gasteiger partial charge in [-0.2, -0.15) is 0 Å². The fourth-order valence-electron chi connectivity index (χ4n) is 6.17. The summed E-state index contributed by atoms with van der Waals surface area (Å²) in [5, 5.41) is 0. The van der Waals surface area contributed by atoms with Gasteiger partial charge in [-0.15, -0.1) is 11.3 Å². The van der Waals surface area contributed by atoms with E-state index in [9.17, 15) is 9.59 Å². The molecule has 0 aliphatic heterocycles. The van der Waals surface area contributed by atoms with Crippen LogP contribution in [0.5, 0.6) is 0 Å². The second-order valence-electron chi connectivity index (χ2n) is 12.1. The number of allylic oxidation sites excluding steroid dienone is 10. The number of benzene rings is 2. The van der Waals surface area contributed by atoms with E-state index in [4.69, 9.17) is 0 Å². The lowest BCUT2D eigenvalue weighted by molar-refractivity contribution is -0.113. The predicted octanol–water partition coefficient (Wildman–Crippen LogP) is 10.5. The van der Waals surface area contributed by atoms with E-state index in [0.717, 1.165) is 87.8 Å². The van der Waals surface area contributed by atoms with Crippen LogP contribution in [0.2, 0.25) is 0 Å². The summed E-state index contributed by atoms with van der Waals surface area (Å²) in [5.74, 6) is 0.254. The minimum absolute atomic E-state index is 0.127. The van der Waals surface area contributed by atoms with Gasteiger partial charge in [0.1, 0.15) is 0 Å². The van der Waals surface area contributed by atoms with Crippen LogP contribution in [0.25, 0.3) is 11.1 Å². The van der Waals surface area contributed by atoms with E-state index in [-0.39, 0.29) is 11.6 Å². The lowest BCUT2D eigenvalue weighted by Gasteiger charge is -2.25. The van der Waals surface area contributed by atoms with Crippen LogP contribution in [-0.4, -0.2) is 11.6 Å². The van der Waals surface area contributed by atoms with Gasteiger partial charge < -0.3 is 0 Å². The third kappa shape index (κ3) is 5.21. The second-order valence-corrected chi connectivity index (χ2v) is 13.1. The van der Waals surface area contributed by atoms with Gasteiger partial charge in [0.25, 0.3) is 0 Å². The zero-order chi connectivity index (χ0) is 31.3. The number of aryl methyl sites for hydroxylation is 2. The zero-order valence-corrected chi connectivity index (χ0v) is 27.8.